The van der Waals surface area contributed by atoms with E-state index < -0.39 is 0 Å². The number of aromatic hydroxyl groups is 1. The van der Waals surface area contributed by atoms with Crippen LogP contribution in [0.25, 0.3) is 0 Å². The van der Waals surface area contributed by atoms with Crippen LogP contribution in [0.4, 0.5) is 5.69 Å². The molecule has 88 valence electrons. The van der Waals surface area contributed by atoms with Gasteiger partial charge in [-0.05, 0) is 30.3 Å². The van der Waals surface area contributed by atoms with Crippen LogP contribution in [-0.2, 0) is 7.05 Å². The van der Waals surface area contributed by atoms with Gasteiger partial charge in [0.25, 0.3) is 0 Å². The van der Waals surface area contributed by atoms with Gasteiger partial charge < -0.3 is 29.1 Å². The number of nitrogens with zero attached hydrogens (tertiary/aromatic N) is 2. The van der Waals surface area contributed by atoms with E-state index in [0.29, 0.717) is 0 Å². The van der Waals surface area contributed by atoms with Crippen molar-refractivity contribution in [3.8, 4) is 5.75 Å². The lowest BCUT2D eigenvalue weighted by Crippen LogP contribution is -3.00. The highest BCUT2D eigenvalue weighted by atomic mass is 127. The molecule has 3 nitrogen and oxygen atoms in total. The van der Waals surface area contributed by atoms with Crippen LogP contribution in [0, 0.1) is 0 Å². The zero-order chi connectivity index (χ0) is 11.4. The number of phenolic OH excluding ortho intramolecular Hbond substituents is 1. The summed E-state index contributed by atoms with van der Waals surface area (Å²) in [5.74, 6) is 0.254. The minimum Gasteiger partial charge on any atom is -1.00 e. The predicted molar refractivity (Wildman–Crippen MR) is 63.0 cm³/mol. The Morgan fingerprint density at radius 2 is 1.82 bits per heavy atom. The van der Waals surface area contributed by atoms with Gasteiger partial charge in [-0.1, -0.05) is 0 Å². The van der Waals surface area contributed by atoms with Crippen molar-refractivity contribution < 1.29 is 33.7 Å². The minimum atomic E-state index is 0. The number of hydrogen-bond donors (Lipinski definition) is 1. The summed E-state index contributed by atoms with van der Waals surface area (Å²) in [5, 5.41) is 9.13. The van der Waals surface area contributed by atoms with E-state index in [2.05, 4.69) is 4.99 Å². The van der Waals surface area contributed by atoms with E-state index in [4.69, 9.17) is 5.11 Å². The Balaban J connectivity index is 0.00000144. The van der Waals surface area contributed by atoms with Crippen molar-refractivity contribution in [2.24, 2.45) is 12.0 Å². The van der Waals surface area contributed by atoms with E-state index >= 15 is 0 Å². The number of pyridine rings is 1. The van der Waals surface area contributed by atoms with E-state index in [1.54, 1.807) is 30.5 Å². The van der Waals surface area contributed by atoms with Gasteiger partial charge in [0, 0.05) is 12.1 Å². The third-order valence-electron chi connectivity index (χ3n) is 2.29. The Labute approximate surface area is 117 Å². The molecule has 0 spiro atoms. The SMILES string of the molecule is C[n+]1ccccc1C=Nc1ccc(O)cc1.[I-]. The predicted octanol–water partition coefficient (Wildman–Crippen LogP) is -1.03. The molecule has 0 saturated heterocycles. The van der Waals surface area contributed by atoms with Gasteiger partial charge in [0.15, 0.2) is 6.20 Å². The second kappa shape index (κ2) is 6.34. The summed E-state index contributed by atoms with van der Waals surface area (Å²) in [4.78, 5) is 4.32. The zero-order valence-corrected chi connectivity index (χ0v) is 11.6. The first-order valence-corrected chi connectivity index (χ1v) is 5.03. The summed E-state index contributed by atoms with van der Waals surface area (Å²) in [6.45, 7) is 0. The molecule has 1 heterocycles. The summed E-state index contributed by atoms with van der Waals surface area (Å²) in [6.07, 6.45) is 3.77. The number of aliphatic imine (C=N–C) groups is 1. The van der Waals surface area contributed by atoms with Gasteiger partial charge in [-0.15, -0.1) is 0 Å². The first kappa shape index (κ1) is 13.6. The molecular weight excluding hydrogens is 327 g/mol. The van der Waals surface area contributed by atoms with Crippen LogP contribution in [0.2, 0.25) is 0 Å². The zero-order valence-electron chi connectivity index (χ0n) is 9.42. The number of halogens is 1. The van der Waals surface area contributed by atoms with E-state index in [0.717, 1.165) is 11.4 Å². The molecule has 0 bridgehead atoms. The molecule has 0 atom stereocenters. The molecule has 2 aromatic rings. The molecule has 1 aromatic heterocycles. The van der Waals surface area contributed by atoms with Crippen LogP contribution in [-0.4, -0.2) is 11.3 Å². The molecule has 0 fully saturated rings. The van der Waals surface area contributed by atoms with Crippen molar-refractivity contribution in [1.82, 2.24) is 0 Å². The number of benzene rings is 1. The summed E-state index contributed by atoms with van der Waals surface area (Å²) in [7, 11) is 1.97. The smallest absolute Gasteiger partial charge is 0.223 e. The largest absolute Gasteiger partial charge is 1.00 e. The van der Waals surface area contributed by atoms with E-state index in [1.165, 1.54) is 0 Å². The Kier molecular flexibility index (Phi) is 5.09. The molecule has 0 aliphatic rings. The monoisotopic (exact) mass is 340 g/mol. The third kappa shape index (κ3) is 3.81. The first-order chi connectivity index (χ1) is 7.75. The normalized spacial score (nSPS) is 10.2. The maximum atomic E-state index is 9.13. The molecule has 0 saturated carbocycles. The van der Waals surface area contributed by atoms with Crippen molar-refractivity contribution in [2.45, 2.75) is 0 Å². The Hall–Kier alpha value is -1.43. The average Bonchev–Trinajstić information content (AvgIpc) is 2.30. The van der Waals surface area contributed by atoms with E-state index in [9.17, 15) is 0 Å². The molecule has 0 amide bonds. The van der Waals surface area contributed by atoms with Crippen LogP contribution >= 0.6 is 0 Å². The van der Waals surface area contributed by atoms with Crippen molar-refractivity contribution in [3.63, 3.8) is 0 Å². The third-order valence-corrected chi connectivity index (χ3v) is 2.29. The molecule has 4 heteroatoms. The molecule has 0 unspecified atom stereocenters. The van der Waals surface area contributed by atoms with Gasteiger partial charge in [0.1, 0.15) is 12.8 Å². The molecule has 2 rings (SSSR count). The quantitative estimate of drug-likeness (QED) is 0.424. The fraction of sp³-hybridized carbons (Fsp3) is 0.0769. The molecule has 17 heavy (non-hydrogen) atoms. The van der Waals surface area contributed by atoms with Gasteiger partial charge in [0.05, 0.1) is 11.9 Å². The topological polar surface area (TPSA) is 36.5 Å². The number of aryl methyl sites for hydroxylation is 1. The standard InChI is InChI=1S/C13H12N2O.HI/c1-15-9-3-2-4-12(15)10-14-11-5-7-13(16)8-6-11;/h2-10H,1H3;1H. The maximum Gasteiger partial charge on any atom is 0.223 e. The van der Waals surface area contributed by atoms with Gasteiger partial charge in [-0.25, -0.2) is 9.56 Å². The lowest BCUT2D eigenvalue weighted by Gasteiger charge is -1.94. The average molecular weight is 340 g/mol. The number of aromatic nitrogens is 1. The van der Waals surface area contributed by atoms with E-state index in [-0.39, 0.29) is 29.7 Å². The maximum absolute atomic E-state index is 9.13. The van der Waals surface area contributed by atoms with Crippen LogP contribution in [0.15, 0.2) is 53.7 Å². The number of phenols is 1. The van der Waals surface area contributed by atoms with Gasteiger partial charge >= 0.3 is 0 Å². The molecule has 1 aromatic carbocycles. The molecule has 0 radical (unpaired) electrons. The second-order valence-corrected chi connectivity index (χ2v) is 3.51. The highest BCUT2D eigenvalue weighted by Crippen LogP contribution is 2.16. The van der Waals surface area contributed by atoms with Gasteiger partial charge in [0.2, 0.25) is 5.69 Å². The van der Waals surface area contributed by atoms with Crippen LogP contribution in [0.1, 0.15) is 5.69 Å². The summed E-state index contributed by atoms with van der Waals surface area (Å²) < 4.78 is 1.99. The van der Waals surface area contributed by atoms with Gasteiger partial charge in [-0.3, -0.25) is 0 Å². The lowest BCUT2D eigenvalue weighted by molar-refractivity contribution is -0.672. The molecule has 1 N–H and O–H groups in total. The minimum absolute atomic E-state index is 0. The van der Waals surface area contributed by atoms with Crippen molar-refractivity contribution >= 4 is 11.9 Å². The fourth-order valence-corrected chi connectivity index (χ4v) is 1.35. The fourth-order valence-electron chi connectivity index (χ4n) is 1.35. The van der Waals surface area contributed by atoms with Crippen LogP contribution in [0.3, 0.4) is 0 Å². The second-order valence-electron chi connectivity index (χ2n) is 3.51. The van der Waals surface area contributed by atoms with Crippen molar-refractivity contribution in [2.75, 3.05) is 0 Å². The molecular formula is C13H13IN2O. The Morgan fingerprint density at radius 1 is 1.12 bits per heavy atom. The van der Waals surface area contributed by atoms with Crippen LogP contribution in [0.5, 0.6) is 5.75 Å². The van der Waals surface area contributed by atoms with Crippen LogP contribution < -0.4 is 28.5 Å². The summed E-state index contributed by atoms with van der Waals surface area (Å²) in [6, 6.07) is 12.7. The van der Waals surface area contributed by atoms with Gasteiger partial charge in [-0.2, -0.15) is 0 Å². The van der Waals surface area contributed by atoms with E-state index in [1.807, 2.05) is 36.0 Å². The highest BCUT2D eigenvalue weighted by Gasteiger charge is 1.99. The first-order valence-electron chi connectivity index (χ1n) is 5.03. The Morgan fingerprint density at radius 3 is 2.47 bits per heavy atom. The summed E-state index contributed by atoms with van der Waals surface area (Å²) in [5.41, 5.74) is 1.84. The Bertz CT molecular complexity index is 509. The lowest BCUT2D eigenvalue weighted by atomic mass is 10.3. The summed E-state index contributed by atoms with van der Waals surface area (Å²) >= 11 is 0. The molecule has 0 aliphatic carbocycles. The highest BCUT2D eigenvalue weighted by molar-refractivity contribution is 5.77. The van der Waals surface area contributed by atoms with Crippen molar-refractivity contribution in [3.05, 3.63) is 54.4 Å². The number of rotatable bonds is 2. The number of hydrogen-bond acceptors (Lipinski definition) is 2. The van der Waals surface area contributed by atoms with Crippen molar-refractivity contribution in [1.29, 1.82) is 0 Å². The molecule has 0 aliphatic heterocycles.